The molecule has 3 N–H and O–H groups in total. The Morgan fingerprint density at radius 2 is 1.92 bits per heavy atom. The van der Waals surface area contributed by atoms with Gasteiger partial charge in [-0.05, 0) is 41.5 Å². The summed E-state index contributed by atoms with van der Waals surface area (Å²) in [6.45, 7) is 0.528. The van der Waals surface area contributed by atoms with Crippen molar-refractivity contribution >= 4 is 22.8 Å². The normalized spacial score (nSPS) is 10.8. The summed E-state index contributed by atoms with van der Waals surface area (Å²) in [7, 11) is 0. The molecule has 128 valence electrons. The summed E-state index contributed by atoms with van der Waals surface area (Å²) in [4.78, 5) is 23.6. The van der Waals surface area contributed by atoms with Crippen LogP contribution in [0.25, 0.3) is 22.2 Å². The van der Waals surface area contributed by atoms with E-state index in [1.807, 2.05) is 42.5 Å². The smallest absolute Gasteiger partial charge is 0.336 e. The number of rotatable bonds is 5. The number of aromatic amines is 1. The molecule has 0 aliphatic heterocycles. The van der Waals surface area contributed by atoms with Gasteiger partial charge in [-0.1, -0.05) is 24.3 Å². The Kier molecular flexibility index (Phi) is 4.07. The Bertz CT molecular complexity index is 1070. The van der Waals surface area contributed by atoms with Crippen LogP contribution in [-0.2, 0) is 6.54 Å². The van der Waals surface area contributed by atoms with E-state index in [1.54, 1.807) is 24.5 Å². The van der Waals surface area contributed by atoms with E-state index in [4.69, 9.17) is 0 Å². The topological polar surface area (TPSA) is 90.9 Å². The average Bonchev–Trinajstić information content (AvgIpc) is 3.15. The van der Waals surface area contributed by atoms with Crippen molar-refractivity contribution < 1.29 is 9.90 Å². The van der Waals surface area contributed by atoms with Crippen molar-refractivity contribution in [2.75, 3.05) is 5.32 Å². The zero-order chi connectivity index (χ0) is 17.9. The molecule has 6 nitrogen and oxygen atoms in total. The maximum absolute atomic E-state index is 11.6. The number of nitrogens with zero attached hydrogens (tertiary/aromatic N) is 2. The summed E-state index contributed by atoms with van der Waals surface area (Å²) >= 11 is 0. The van der Waals surface area contributed by atoms with Crippen molar-refractivity contribution in [2.45, 2.75) is 6.54 Å². The second kappa shape index (κ2) is 6.68. The molecule has 26 heavy (non-hydrogen) atoms. The number of carbonyl (C=O) groups is 1. The number of carboxylic acids is 1. The van der Waals surface area contributed by atoms with Crippen LogP contribution in [-0.4, -0.2) is 26.0 Å². The number of fused-ring (bicyclic) bond motifs is 1. The molecule has 0 radical (unpaired) electrons. The third kappa shape index (κ3) is 3.00. The van der Waals surface area contributed by atoms with E-state index in [0.717, 1.165) is 16.6 Å². The van der Waals surface area contributed by atoms with Crippen LogP contribution in [0.3, 0.4) is 0 Å². The molecule has 1 aromatic carbocycles. The molecule has 0 aliphatic rings. The van der Waals surface area contributed by atoms with E-state index >= 15 is 0 Å². The van der Waals surface area contributed by atoms with Gasteiger partial charge in [0.05, 0.1) is 17.8 Å². The zero-order valence-electron chi connectivity index (χ0n) is 13.8. The van der Waals surface area contributed by atoms with E-state index in [-0.39, 0.29) is 5.56 Å². The average molecular weight is 344 g/mol. The second-order valence-electron chi connectivity index (χ2n) is 5.82. The predicted molar refractivity (Wildman–Crippen MR) is 100 cm³/mol. The van der Waals surface area contributed by atoms with E-state index < -0.39 is 5.97 Å². The lowest BCUT2D eigenvalue weighted by atomic mass is 9.98. The summed E-state index contributed by atoms with van der Waals surface area (Å²) < 4.78 is 0. The Balaban J connectivity index is 1.77. The Labute approximate surface area is 149 Å². The van der Waals surface area contributed by atoms with Crippen LogP contribution < -0.4 is 5.32 Å². The molecule has 3 aromatic heterocycles. The fraction of sp³-hybridized carbons (Fsp3) is 0.0500. The Morgan fingerprint density at radius 1 is 1.08 bits per heavy atom. The minimum absolute atomic E-state index is 0.261. The van der Waals surface area contributed by atoms with E-state index in [1.165, 1.54) is 0 Å². The summed E-state index contributed by atoms with van der Waals surface area (Å²) in [6, 6.07) is 16.5. The van der Waals surface area contributed by atoms with Crippen LogP contribution in [0.4, 0.5) is 5.82 Å². The number of aromatic carboxylic acids is 1. The summed E-state index contributed by atoms with van der Waals surface area (Å²) in [6.07, 6.45) is 3.54. The highest BCUT2D eigenvalue weighted by Crippen LogP contribution is 2.32. The number of aromatic nitrogens is 3. The largest absolute Gasteiger partial charge is 0.478 e. The van der Waals surface area contributed by atoms with Gasteiger partial charge in [0, 0.05) is 17.8 Å². The number of carboxylic acid groups (broad SMARTS) is 1. The van der Waals surface area contributed by atoms with Crippen molar-refractivity contribution in [2.24, 2.45) is 0 Å². The van der Waals surface area contributed by atoms with Crippen LogP contribution in [0.2, 0.25) is 0 Å². The van der Waals surface area contributed by atoms with Gasteiger partial charge in [-0.2, -0.15) is 0 Å². The van der Waals surface area contributed by atoms with E-state index in [0.29, 0.717) is 23.6 Å². The van der Waals surface area contributed by atoms with Gasteiger partial charge < -0.3 is 15.4 Å². The molecule has 4 rings (SSSR count). The summed E-state index contributed by atoms with van der Waals surface area (Å²) in [5.41, 5.74) is 3.34. The molecular weight excluding hydrogens is 328 g/mol. The SMILES string of the molecule is O=C(O)c1ccccc1-c1cc(NCc2ccccn2)nc2[nH]ccc12. The molecule has 4 aromatic rings. The molecule has 0 saturated carbocycles. The molecule has 0 unspecified atom stereocenters. The fourth-order valence-corrected chi connectivity index (χ4v) is 2.94. The molecule has 0 bridgehead atoms. The van der Waals surface area contributed by atoms with Gasteiger partial charge in [0.25, 0.3) is 0 Å². The van der Waals surface area contributed by atoms with E-state index in [2.05, 4.69) is 20.3 Å². The highest BCUT2D eigenvalue weighted by atomic mass is 16.4. The number of benzene rings is 1. The Hall–Kier alpha value is -3.67. The maximum atomic E-state index is 11.6. The van der Waals surface area contributed by atoms with Crippen molar-refractivity contribution in [1.29, 1.82) is 0 Å². The van der Waals surface area contributed by atoms with Gasteiger partial charge in [0.15, 0.2) is 0 Å². The first-order valence-corrected chi connectivity index (χ1v) is 8.17. The first kappa shape index (κ1) is 15.8. The van der Waals surface area contributed by atoms with Gasteiger partial charge in [-0.25, -0.2) is 9.78 Å². The molecule has 0 spiro atoms. The second-order valence-corrected chi connectivity index (χ2v) is 5.82. The van der Waals surface area contributed by atoms with Gasteiger partial charge in [-0.3, -0.25) is 4.98 Å². The van der Waals surface area contributed by atoms with Gasteiger partial charge in [0.1, 0.15) is 11.5 Å². The molecule has 0 fully saturated rings. The van der Waals surface area contributed by atoms with Crippen LogP contribution in [0, 0.1) is 0 Å². The monoisotopic (exact) mass is 344 g/mol. The highest BCUT2D eigenvalue weighted by molar-refractivity contribution is 6.02. The van der Waals surface area contributed by atoms with Crippen LogP contribution in [0.5, 0.6) is 0 Å². The molecule has 3 heterocycles. The first-order valence-electron chi connectivity index (χ1n) is 8.17. The molecule has 6 heteroatoms. The third-order valence-electron chi connectivity index (χ3n) is 4.15. The van der Waals surface area contributed by atoms with Gasteiger partial charge in [-0.15, -0.1) is 0 Å². The van der Waals surface area contributed by atoms with Crippen molar-refractivity contribution in [3.05, 3.63) is 78.2 Å². The number of hydrogen-bond acceptors (Lipinski definition) is 4. The number of pyridine rings is 2. The van der Waals surface area contributed by atoms with Crippen molar-refractivity contribution in [3.8, 4) is 11.1 Å². The minimum atomic E-state index is -0.955. The van der Waals surface area contributed by atoms with Gasteiger partial charge in [0.2, 0.25) is 0 Å². The van der Waals surface area contributed by atoms with Crippen LogP contribution in [0.1, 0.15) is 16.1 Å². The number of H-pyrrole nitrogens is 1. The first-order chi connectivity index (χ1) is 12.7. The molecule has 0 atom stereocenters. The number of anilines is 1. The minimum Gasteiger partial charge on any atom is -0.478 e. The highest BCUT2D eigenvalue weighted by Gasteiger charge is 2.15. The van der Waals surface area contributed by atoms with Crippen molar-refractivity contribution in [1.82, 2.24) is 15.0 Å². The third-order valence-corrected chi connectivity index (χ3v) is 4.15. The molecule has 0 amide bonds. The van der Waals surface area contributed by atoms with Crippen LogP contribution >= 0.6 is 0 Å². The fourth-order valence-electron chi connectivity index (χ4n) is 2.94. The maximum Gasteiger partial charge on any atom is 0.336 e. The Morgan fingerprint density at radius 3 is 2.73 bits per heavy atom. The van der Waals surface area contributed by atoms with Crippen molar-refractivity contribution in [3.63, 3.8) is 0 Å². The number of nitrogens with one attached hydrogen (secondary N) is 2. The lowest BCUT2D eigenvalue weighted by Crippen LogP contribution is -2.04. The lowest BCUT2D eigenvalue weighted by molar-refractivity contribution is 0.0697. The summed E-state index contributed by atoms with van der Waals surface area (Å²) in [5.74, 6) is -0.301. The zero-order valence-corrected chi connectivity index (χ0v) is 13.8. The molecule has 0 aliphatic carbocycles. The van der Waals surface area contributed by atoms with E-state index in [9.17, 15) is 9.90 Å². The molecule has 0 saturated heterocycles. The quantitative estimate of drug-likeness (QED) is 0.510. The van der Waals surface area contributed by atoms with Crippen LogP contribution in [0.15, 0.2) is 67.0 Å². The number of hydrogen-bond donors (Lipinski definition) is 3. The molecular formula is C20H16N4O2. The lowest BCUT2D eigenvalue weighted by Gasteiger charge is -2.11. The standard InChI is InChI=1S/C20H16N4O2/c25-20(26)16-7-2-1-6-14(16)17-11-18(24-19-15(17)8-10-22-19)23-12-13-5-3-4-9-21-13/h1-11H,12H2,(H,25,26)(H2,22,23,24). The summed E-state index contributed by atoms with van der Waals surface area (Å²) in [5, 5.41) is 13.7. The van der Waals surface area contributed by atoms with Gasteiger partial charge >= 0.3 is 5.97 Å². The predicted octanol–water partition coefficient (Wildman–Crippen LogP) is 3.94.